The highest BCUT2D eigenvalue weighted by atomic mass is 19.1. The van der Waals surface area contributed by atoms with Gasteiger partial charge in [-0.05, 0) is 24.3 Å². The van der Waals surface area contributed by atoms with Crippen LogP contribution in [0.25, 0.3) is 11.4 Å². The zero-order chi connectivity index (χ0) is 17.2. The van der Waals surface area contributed by atoms with Crippen LogP contribution in [-0.4, -0.2) is 40.7 Å². The molecule has 1 unspecified atom stereocenters. The minimum absolute atomic E-state index is 0.0690. The van der Waals surface area contributed by atoms with Crippen molar-refractivity contribution >= 4 is 6.03 Å². The molecule has 1 N–H and O–H groups in total. The number of carbonyl (C=O) groups is 1. The number of rotatable bonds is 4. The first-order valence-corrected chi connectivity index (χ1v) is 7.44. The largest absolute Gasteiger partial charge is 0.335 e. The molecule has 0 bridgehead atoms. The van der Waals surface area contributed by atoms with E-state index in [1.165, 1.54) is 29.2 Å². The lowest BCUT2D eigenvalue weighted by molar-refractivity contribution is 0.119. The number of hydrogen-bond donors (Lipinski definition) is 1. The third-order valence-electron chi connectivity index (χ3n) is 3.82. The fourth-order valence-corrected chi connectivity index (χ4v) is 2.51. The molecular formula is C16H16F2N4O2. The smallest absolute Gasteiger partial charge is 0.317 e. The SMILES string of the molecule is C=CCNC(=O)N1CCC(F)(c2nc(-c3ccc(F)cc3)no2)C1. The lowest BCUT2D eigenvalue weighted by Crippen LogP contribution is -2.40. The van der Waals surface area contributed by atoms with Crippen LogP contribution < -0.4 is 5.32 Å². The van der Waals surface area contributed by atoms with Gasteiger partial charge in [-0.1, -0.05) is 11.2 Å². The Morgan fingerprint density at radius 3 is 2.92 bits per heavy atom. The number of aromatic nitrogens is 2. The number of hydrogen-bond acceptors (Lipinski definition) is 4. The number of urea groups is 1. The Labute approximate surface area is 137 Å². The molecule has 1 aliphatic heterocycles. The number of benzene rings is 1. The van der Waals surface area contributed by atoms with E-state index < -0.39 is 5.67 Å². The summed E-state index contributed by atoms with van der Waals surface area (Å²) in [6.45, 7) is 3.90. The zero-order valence-electron chi connectivity index (χ0n) is 12.8. The molecule has 1 aromatic carbocycles. The summed E-state index contributed by atoms with van der Waals surface area (Å²) in [6.07, 6.45) is 1.61. The van der Waals surface area contributed by atoms with Gasteiger partial charge in [0.15, 0.2) is 0 Å². The Kier molecular flexibility index (Phi) is 4.28. The Bertz CT molecular complexity index is 747. The van der Waals surface area contributed by atoms with Crippen molar-refractivity contribution in [1.29, 1.82) is 0 Å². The molecule has 1 atom stereocenters. The number of carbonyl (C=O) groups excluding carboxylic acids is 1. The molecule has 1 aliphatic rings. The van der Waals surface area contributed by atoms with Gasteiger partial charge in [0.05, 0.1) is 6.54 Å². The average molecular weight is 334 g/mol. The molecule has 0 saturated carbocycles. The highest BCUT2D eigenvalue weighted by molar-refractivity contribution is 5.74. The fraction of sp³-hybridized carbons (Fsp3) is 0.312. The normalized spacial score (nSPS) is 20.2. The molecule has 2 amide bonds. The molecule has 1 saturated heterocycles. The van der Waals surface area contributed by atoms with Crippen LogP contribution in [0, 0.1) is 5.82 Å². The molecule has 0 radical (unpaired) electrons. The van der Waals surface area contributed by atoms with Crippen LogP contribution in [0.4, 0.5) is 13.6 Å². The van der Waals surface area contributed by atoms with E-state index in [0.717, 1.165) is 0 Å². The predicted octanol–water partition coefficient (Wildman–Crippen LogP) is 2.64. The Hall–Kier alpha value is -2.77. The minimum atomic E-state index is -1.89. The molecule has 1 aromatic heterocycles. The van der Waals surface area contributed by atoms with Gasteiger partial charge in [0.25, 0.3) is 5.89 Å². The van der Waals surface area contributed by atoms with Crippen molar-refractivity contribution in [2.24, 2.45) is 0 Å². The van der Waals surface area contributed by atoms with E-state index in [9.17, 15) is 9.18 Å². The predicted molar refractivity (Wildman–Crippen MR) is 82.3 cm³/mol. The van der Waals surface area contributed by atoms with Gasteiger partial charge < -0.3 is 14.7 Å². The Morgan fingerprint density at radius 2 is 2.21 bits per heavy atom. The van der Waals surface area contributed by atoms with Gasteiger partial charge in [-0.3, -0.25) is 0 Å². The quantitative estimate of drug-likeness (QED) is 0.873. The van der Waals surface area contributed by atoms with E-state index in [2.05, 4.69) is 22.0 Å². The summed E-state index contributed by atoms with van der Waals surface area (Å²) in [7, 11) is 0. The van der Waals surface area contributed by atoms with E-state index in [4.69, 9.17) is 4.52 Å². The second-order valence-electron chi connectivity index (χ2n) is 5.54. The second kappa shape index (κ2) is 6.38. The molecule has 126 valence electrons. The lowest BCUT2D eigenvalue weighted by atomic mass is 10.1. The monoisotopic (exact) mass is 334 g/mol. The molecule has 6 nitrogen and oxygen atoms in total. The van der Waals surface area contributed by atoms with Crippen molar-refractivity contribution in [2.45, 2.75) is 12.1 Å². The summed E-state index contributed by atoms with van der Waals surface area (Å²) in [4.78, 5) is 17.3. The second-order valence-corrected chi connectivity index (χ2v) is 5.54. The van der Waals surface area contributed by atoms with E-state index in [-0.39, 0.29) is 43.1 Å². The molecule has 3 rings (SSSR count). The van der Waals surface area contributed by atoms with Crippen LogP contribution >= 0.6 is 0 Å². The summed E-state index contributed by atoms with van der Waals surface area (Å²) in [5, 5.41) is 6.34. The molecule has 8 heteroatoms. The first kappa shape index (κ1) is 16.1. The molecular weight excluding hydrogens is 318 g/mol. The number of amides is 2. The van der Waals surface area contributed by atoms with Crippen molar-refractivity contribution < 1.29 is 18.1 Å². The highest BCUT2D eigenvalue weighted by Gasteiger charge is 2.46. The minimum Gasteiger partial charge on any atom is -0.335 e. The number of alkyl halides is 1. The van der Waals surface area contributed by atoms with Crippen molar-refractivity contribution in [1.82, 2.24) is 20.4 Å². The van der Waals surface area contributed by atoms with Gasteiger partial charge in [-0.25, -0.2) is 13.6 Å². The van der Waals surface area contributed by atoms with E-state index >= 15 is 4.39 Å². The summed E-state index contributed by atoms with van der Waals surface area (Å²) in [5.74, 6) is -0.390. The van der Waals surface area contributed by atoms with Crippen molar-refractivity contribution in [3.05, 3.63) is 48.6 Å². The van der Waals surface area contributed by atoms with Gasteiger partial charge in [-0.15, -0.1) is 6.58 Å². The third kappa shape index (κ3) is 3.12. The van der Waals surface area contributed by atoms with Gasteiger partial charge in [0, 0.05) is 25.1 Å². The first-order chi connectivity index (χ1) is 11.5. The van der Waals surface area contributed by atoms with Crippen LogP contribution in [0.5, 0.6) is 0 Å². The first-order valence-electron chi connectivity index (χ1n) is 7.44. The number of nitrogens with zero attached hydrogens (tertiary/aromatic N) is 3. The molecule has 1 fully saturated rings. The van der Waals surface area contributed by atoms with Crippen LogP contribution in [0.15, 0.2) is 41.4 Å². The van der Waals surface area contributed by atoms with Gasteiger partial charge in [0.2, 0.25) is 11.5 Å². The third-order valence-corrected chi connectivity index (χ3v) is 3.82. The maximum atomic E-state index is 15.1. The van der Waals surface area contributed by atoms with E-state index in [1.807, 2.05) is 0 Å². The molecule has 0 aliphatic carbocycles. The molecule has 2 heterocycles. The fourth-order valence-electron chi connectivity index (χ4n) is 2.51. The van der Waals surface area contributed by atoms with Crippen LogP contribution in [0.1, 0.15) is 12.3 Å². The van der Waals surface area contributed by atoms with Gasteiger partial charge in [0.1, 0.15) is 5.82 Å². The van der Waals surface area contributed by atoms with Crippen LogP contribution in [-0.2, 0) is 5.67 Å². The number of nitrogens with one attached hydrogen (secondary N) is 1. The van der Waals surface area contributed by atoms with E-state index in [0.29, 0.717) is 12.1 Å². The maximum Gasteiger partial charge on any atom is 0.317 e. The van der Waals surface area contributed by atoms with Crippen LogP contribution in [0.2, 0.25) is 0 Å². The average Bonchev–Trinajstić information content (AvgIpc) is 3.21. The van der Waals surface area contributed by atoms with Crippen molar-refractivity contribution in [2.75, 3.05) is 19.6 Å². The maximum absolute atomic E-state index is 15.1. The van der Waals surface area contributed by atoms with Gasteiger partial charge >= 0.3 is 6.03 Å². The molecule has 2 aromatic rings. The Balaban J connectivity index is 1.74. The topological polar surface area (TPSA) is 71.3 Å². The highest BCUT2D eigenvalue weighted by Crippen LogP contribution is 2.36. The number of halogens is 2. The lowest BCUT2D eigenvalue weighted by Gasteiger charge is -2.18. The number of likely N-dealkylation sites (tertiary alicyclic amines) is 1. The van der Waals surface area contributed by atoms with Crippen LogP contribution in [0.3, 0.4) is 0 Å². The standard InChI is InChI=1S/C16H16F2N4O2/c1-2-8-19-15(23)22-9-7-16(18,10-22)14-20-13(21-24-14)11-3-5-12(17)6-4-11/h2-6H,1,7-10H2,(H,19,23). The summed E-state index contributed by atoms with van der Waals surface area (Å²) < 4.78 is 33.1. The zero-order valence-corrected chi connectivity index (χ0v) is 12.8. The summed E-state index contributed by atoms with van der Waals surface area (Å²) in [6, 6.07) is 5.12. The summed E-state index contributed by atoms with van der Waals surface area (Å²) >= 11 is 0. The molecule has 0 spiro atoms. The molecule has 24 heavy (non-hydrogen) atoms. The van der Waals surface area contributed by atoms with Gasteiger partial charge in [-0.2, -0.15) is 4.98 Å². The Morgan fingerprint density at radius 1 is 1.46 bits per heavy atom. The van der Waals surface area contributed by atoms with Crippen molar-refractivity contribution in [3.8, 4) is 11.4 Å². The summed E-state index contributed by atoms with van der Waals surface area (Å²) in [5.41, 5.74) is -1.37. The van der Waals surface area contributed by atoms with E-state index in [1.54, 1.807) is 6.08 Å². The van der Waals surface area contributed by atoms with Crippen molar-refractivity contribution in [3.63, 3.8) is 0 Å².